The number of nitrogens with zero attached hydrogens (tertiary/aromatic N) is 11. The summed E-state index contributed by atoms with van der Waals surface area (Å²) in [6.45, 7) is 43.4. The first kappa shape index (κ1) is 67.9. The lowest BCUT2D eigenvalue weighted by atomic mass is 9.91. The predicted octanol–water partition coefficient (Wildman–Crippen LogP) is 8.15. The van der Waals surface area contributed by atoms with E-state index in [1.807, 2.05) is 41.5 Å². The van der Waals surface area contributed by atoms with Crippen molar-refractivity contribution >= 4 is 34.6 Å². The van der Waals surface area contributed by atoms with E-state index < -0.39 is 17.2 Å². The van der Waals surface area contributed by atoms with Crippen molar-refractivity contribution in [2.24, 2.45) is 32.5 Å². The Morgan fingerprint density at radius 3 is 1.37 bits per heavy atom. The van der Waals surface area contributed by atoms with Crippen LogP contribution in [0.2, 0.25) is 0 Å². The van der Waals surface area contributed by atoms with Crippen molar-refractivity contribution in [3.05, 3.63) is 17.5 Å². The van der Waals surface area contributed by atoms with E-state index in [1.54, 1.807) is 11.6 Å². The largest absolute Gasteiger partial charge is 0.344 e. The highest BCUT2D eigenvalue weighted by atomic mass is 32.2. The fourth-order valence-electron chi connectivity index (χ4n) is 5.39. The molecular weight excluding hydrogens is 872 g/mol. The maximum absolute atomic E-state index is 10.9. The first-order valence-electron chi connectivity index (χ1n) is 21.4. The number of aromatic nitrogens is 12. The summed E-state index contributed by atoms with van der Waals surface area (Å²) in [6.07, 6.45) is 4.76. The molecule has 0 amide bonds. The fourth-order valence-corrected chi connectivity index (χ4v) is 8.72. The number of nitrogens with one attached hydrogen (secondary N) is 1. The zero-order valence-corrected chi connectivity index (χ0v) is 45.5. The molecule has 0 aliphatic heterocycles. The Kier molecular flexibility index (Phi) is 29.8. The number of sulfone groups is 1. The molecule has 3 aromatic heterocycles. The van der Waals surface area contributed by atoms with Crippen molar-refractivity contribution in [3.8, 4) is 0 Å². The number of ketones is 3. The molecule has 2 N–H and O–H groups in total. The smallest absolute Gasteiger partial charge is 0.198 e. The molecule has 65 heavy (non-hydrogen) atoms. The summed E-state index contributed by atoms with van der Waals surface area (Å²) < 4.78 is 33.6. The van der Waals surface area contributed by atoms with Crippen LogP contribution in [-0.2, 0) is 61.1 Å². The number of hydrogen-bond donors (Lipinski definition) is 2. The molecule has 0 saturated heterocycles. The Morgan fingerprint density at radius 1 is 0.631 bits per heavy atom. The zero-order chi connectivity index (χ0) is 51.3. The molecule has 19 nitrogen and oxygen atoms in total. The molecular formula is C44H91N12O7PS. The molecule has 3 rings (SSSR count). The summed E-state index contributed by atoms with van der Waals surface area (Å²) in [5.74, 6) is 2.88. The van der Waals surface area contributed by atoms with E-state index in [0.717, 1.165) is 30.9 Å². The summed E-state index contributed by atoms with van der Waals surface area (Å²) in [6, 6.07) is 0. The molecule has 3 aromatic rings. The van der Waals surface area contributed by atoms with Gasteiger partial charge in [-0.3, -0.25) is 14.2 Å². The van der Waals surface area contributed by atoms with Gasteiger partial charge in [0.25, 0.3) is 0 Å². The molecule has 3 heterocycles. The molecule has 0 radical (unpaired) electrons. The highest BCUT2D eigenvalue weighted by molar-refractivity contribution is 7.90. The highest BCUT2D eigenvalue weighted by Crippen LogP contribution is 2.41. The van der Waals surface area contributed by atoms with Crippen LogP contribution in [0.25, 0.3) is 0 Å². The number of H-pyrrole nitrogens is 1. The van der Waals surface area contributed by atoms with Gasteiger partial charge in [0.05, 0.1) is 5.75 Å². The minimum atomic E-state index is -2.79. The van der Waals surface area contributed by atoms with Gasteiger partial charge in [-0.05, 0) is 68.9 Å². The first-order valence-corrected chi connectivity index (χ1v) is 25.7. The molecule has 1 atom stereocenters. The number of hydrogen-bond acceptors (Lipinski definition) is 15. The standard InChI is InChI=1S/2C9H16N4O.C7H14O.C6H12N4.C6H15O2P.C6H14O2S.CH4/c1-7(14)6-13-8(10-11-12-13)5-9(2,3)4;1-7(14)6-13-11-8(10-12-13)5-9(2,3)4;1-6(8)5-7(2,3)4;1-6(2,3)4-5-7-9-10-8-5;2*1-6(2,3)5-9(4,7)8;/h2*5-6H2,1-4H3;5H2,1-4H3;4H2,1-3H3,(H,7,8,9,10);5H2,1-4H3,(H,7,8);5H2,1-4H3;1H4. The van der Waals surface area contributed by atoms with Gasteiger partial charge in [0.1, 0.15) is 28.7 Å². The Labute approximate surface area is 393 Å². The molecule has 0 fully saturated rings. The van der Waals surface area contributed by atoms with Gasteiger partial charge in [0, 0.05) is 44.8 Å². The number of Topliss-reactive ketones (excluding diaryl/α,β-unsaturated/α-hetero) is 3. The highest BCUT2D eigenvalue weighted by Gasteiger charge is 2.21. The summed E-state index contributed by atoms with van der Waals surface area (Å²) in [5.41, 5.74) is 0.551. The Balaban J connectivity index is -0.000000348. The molecule has 0 aliphatic rings. The maximum Gasteiger partial charge on any atom is 0.198 e. The first-order chi connectivity index (χ1) is 28.2. The average molecular weight is 963 g/mol. The molecule has 0 saturated carbocycles. The minimum Gasteiger partial charge on any atom is -0.344 e. The van der Waals surface area contributed by atoms with Crippen LogP contribution in [0.15, 0.2) is 0 Å². The van der Waals surface area contributed by atoms with E-state index in [4.69, 9.17) is 4.89 Å². The van der Waals surface area contributed by atoms with Crippen LogP contribution in [0.3, 0.4) is 0 Å². The van der Waals surface area contributed by atoms with Gasteiger partial charge >= 0.3 is 0 Å². The Bertz CT molecular complexity index is 1950. The van der Waals surface area contributed by atoms with Crippen molar-refractivity contribution in [1.29, 1.82) is 0 Å². The van der Waals surface area contributed by atoms with E-state index in [0.29, 0.717) is 18.4 Å². The third-order valence-electron chi connectivity index (χ3n) is 6.53. The second-order valence-corrected chi connectivity index (χ2v) is 28.3. The van der Waals surface area contributed by atoms with Crippen molar-refractivity contribution in [3.63, 3.8) is 0 Å². The van der Waals surface area contributed by atoms with Gasteiger partial charge in [-0.15, -0.1) is 25.5 Å². The van der Waals surface area contributed by atoms with Gasteiger partial charge in [-0.2, -0.15) is 10.0 Å². The van der Waals surface area contributed by atoms with Crippen LogP contribution in [0.5, 0.6) is 0 Å². The van der Waals surface area contributed by atoms with Crippen LogP contribution in [0.4, 0.5) is 0 Å². The maximum atomic E-state index is 10.9. The molecule has 380 valence electrons. The quantitative estimate of drug-likeness (QED) is 0.182. The monoisotopic (exact) mass is 963 g/mol. The van der Waals surface area contributed by atoms with Crippen molar-refractivity contribution < 1.29 is 32.3 Å². The molecule has 0 bridgehead atoms. The van der Waals surface area contributed by atoms with E-state index in [-0.39, 0.29) is 76.1 Å². The number of carbonyl (C=O) groups is 3. The minimum absolute atomic E-state index is 0. The van der Waals surface area contributed by atoms with Crippen molar-refractivity contribution in [2.75, 3.05) is 24.8 Å². The average Bonchev–Trinajstić information content (AvgIpc) is 3.70. The molecule has 1 unspecified atom stereocenters. The molecule has 0 aliphatic carbocycles. The van der Waals surface area contributed by atoms with Crippen molar-refractivity contribution in [1.82, 2.24) is 61.0 Å². The van der Waals surface area contributed by atoms with E-state index in [9.17, 15) is 27.4 Å². The number of tetrazole rings is 3. The summed E-state index contributed by atoms with van der Waals surface area (Å²) in [5, 5.41) is 36.6. The summed E-state index contributed by atoms with van der Waals surface area (Å²) >= 11 is 0. The van der Waals surface area contributed by atoms with Gasteiger partial charge in [0.2, 0.25) is 0 Å². The van der Waals surface area contributed by atoms with E-state index in [2.05, 4.69) is 135 Å². The summed E-state index contributed by atoms with van der Waals surface area (Å²) in [7, 11) is -5.57. The Hall–Kier alpha value is -3.64. The molecule has 0 spiro atoms. The third-order valence-corrected chi connectivity index (χ3v) is 9.46. The lowest BCUT2D eigenvalue weighted by Crippen LogP contribution is -2.19. The topological polar surface area (TPSA) is 264 Å². The van der Waals surface area contributed by atoms with Crippen LogP contribution in [0.1, 0.15) is 177 Å². The van der Waals surface area contributed by atoms with Gasteiger partial charge in [-0.1, -0.05) is 137 Å². The predicted molar refractivity (Wildman–Crippen MR) is 261 cm³/mol. The van der Waals surface area contributed by atoms with E-state index in [1.165, 1.54) is 31.6 Å². The lowest BCUT2D eigenvalue weighted by Gasteiger charge is -2.19. The van der Waals surface area contributed by atoms with Gasteiger partial charge < -0.3 is 9.69 Å². The second kappa shape index (κ2) is 28.5. The van der Waals surface area contributed by atoms with E-state index >= 15 is 0 Å². The zero-order valence-electron chi connectivity index (χ0n) is 43.8. The SMILES string of the molecule is C.CC(=O)CC(C)(C)C.CC(=O)Cn1nnc(CC(C)(C)C)n1.CC(=O)Cn1nnnc1CC(C)(C)C.CC(C)(C)CP(C)(=O)O.CC(C)(C)CS(C)(=O)=O.CC(C)(C)Cc1nn[nH]n1. The Morgan fingerprint density at radius 2 is 1.09 bits per heavy atom. The molecule has 21 heteroatoms. The molecule has 0 aromatic carbocycles. The lowest BCUT2D eigenvalue weighted by molar-refractivity contribution is -0.119. The fraction of sp³-hybridized carbons (Fsp3) is 0.864. The van der Waals surface area contributed by atoms with Gasteiger partial charge in [-0.25, -0.2) is 13.1 Å². The van der Waals surface area contributed by atoms with Crippen LogP contribution < -0.4 is 0 Å². The van der Waals surface area contributed by atoms with Gasteiger partial charge in [0.15, 0.2) is 36.4 Å². The summed E-state index contributed by atoms with van der Waals surface area (Å²) in [4.78, 5) is 42.4. The van der Waals surface area contributed by atoms with Crippen molar-refractivity contribution in [2.45, 2.75) is 192 Å². The third kappa shape index (κ3) is 52.9. The number of rotatable bonds is 10. The van der Waals surface area contributed by atoms with Crippen LogP contribution in [-0.4, -0.2) is 117 Å². The second-order valence-electron chi connectivity index (χ2n) is 23.8. The van der Waals surface area contributed by atoms with Crippen LogP contribution in [0, 0.1) is 32.5 Å². The normalized spacial score (nSPS) is 12.9. The number of aromatic amines is 1. The van der Waals surface area contributed by atoms with Crippen LogP contribution >= 0.6 is 7.37 Å². The number of carbonyl (C=O) groups excluding carboxylic acids is 3.